The van der Waals surface area contributed by atoms with Crippen LogP contribution in [0.25, 0.3) is 21.9 Å². The van der Waals surface area contributed by atoms with E-state index in [2.05, 4.69) is 6.58 Å². The summed E-state index contributed by atoms with van der Waals surface area (Å²) in [6.07, 6.45) is 0.0289. The smallest absolute Gasteiger partial charge is 0.206 e. The van der Waals surface area contributed by atoms with Crippen molar-refractivity contribution in [3.63, 3.8) is 0 Å². The molecule has 0 spiro atoms. The van der Waals surface area contributed by atoms with E-state index in [0.717, 1.165) is 43.9 Å². The Bertz CT molecular complexity index is 1160. The van der Waals surface area contributed by atoms with Crippen LogP contribution in [-0.4, -0.2) is 0 Å². The molecule has 0 nitrogen and oxygen atoms in total. The van der Waals surface area contributed by atoms with Gasteiger partial charge in [-0.2, -0.15) is 13.2 Å². The Labute approximate surface area is 180 Å². The number of hydrogen-bond donors (Lipinski definition) is 0. The van der Waals surface area contributed by atoms with Gasteiger partial charge in [0.25, 0.3) is 0 Å². The predicted octanol–water partition coefficient (Wildman–Crippen LogP) is 8.54. The highest BCUT2D eigenvalue weighted by Gasteiger charge is 2.38. The molecule has 0 bridgehead atoms. The van der Waals surface area contributed by atoms with Crippen LogP contribution in [0.1, 0.15) is 42.7 Å². The average molecular weight is 452 g/mol. The number of hydrogen-bond acceptors (Lipinski definition) is 0. The molecule has 0 aromatic heterocycles. The lowest BCUT2D eigenvalue weighted by atomic mass is 9.78. The first-order valence-electron chi connectivity index (χ1n) is 10.2. The normalized spacial score (nSPS) is 19.3. The minimum absolute atomic E-state index is 0.0184. The van der Waals surface area contributed by atoms with E-state index in [4.69, 9.17) is 0 Å². The van der Waals surface area contributed by atoms with Gasteiger partial charge >= 0.3 is 6.18 Å². The Morgan fingerprint density at radius 3 is 2.00 bits per heavy atom. The minimum atomic E-state index is -5.21. The molecule has 0 N–H and O–H groups in total. The first-order valence-corrected chi connectivity index (χ1v) is 10.2. The number of allylic oxidation sites excluding steroid dienone is 1. The third-order valence-corrected chi connectivity index (χ3v) is 6.24. The summed E-state index contributed by atoms with van der Waals surface area (Å²) in [4.78, 5) is 0. The topological polar surface area (TPSA) is 0 Å². The quantitative estimate of drug-likeness (QED) is 0.276. The van der Waals surface area contributed by atoms with Crippen LogP contribution in [-0.2, 0) is 6.18 Å². The summed E-state index contributed by atoms with van der Waals surface area (Å²) in [5.74, 6) is -4.80. The SMILES string of the molecule is C=CC1CCC(c2cc(F)c(-c3ccc4c(F)c(C(F)(F)F)c(F)cc4c3)c(F)c2)CC1. The molecular weight excluding hydrogens is 433 g/mol. The molecule has 7 heteroatoms. The van der Waals surface area contributed by atoms with Gasteiger partial charge in [0.2, 0.25) is 0 Å². The van der Waals surface area contributed by atoms with Crippen LogP contribution in [0.2, 0.25) is 0 Å². The van der Waals surface area contributed by atoms with Crippen molar-refractivity contribution >= 4 is 10.8 Å². The van der Waals surface area contributed by atoms with Gasteiger partial charge in [0.15, 0.2) is 0 Å². The van der Waals surface area contributed by atoms with Gasteiger partial charge in [0, 0.05) is 5.39 Å². The maximum absolute atomic E-state index is 14.9. The van der Waals surface area contributed by atoms with E-state index in [9.17, 15) is 30.7 Å². The van der Waals surface area contributed by atoms with Crippen molar-refractivity contribution < 1.29 is 30.7 Å². The van der Waals surface area contributed by atoms with Crippen molar-refractivity contribution in [1.29, 1.82) is 0 Å². The lowest BCUT2D eigenvalue weighted by Gasteiger charge is -2.27. The Morgan fingerprint density at radius 1 is 0.812 bits per heavy atom. The molecular formula is C25H19F7. The monoisotopic (exact) mass is 452 g/mol. The van der Waals surface area contributed by atoms with E-state index in [0.29, 0.717) is 17.5 Å². The summed E-state index contributed by atoms with van der Waals surface area (Å²) in [5.41, 5.74) is -1.87. The zero-order valence-corrected chi connectivity index (χ0v) is 16.9. The predicted molar refractivity (Wildman–Crippen MR) is 109 cm³/mol. The van der Waals surface area contributed by atoms with E-state index in [-0.39, 0.29) is 16.9 Å². The molecule has 1 fully saturated rings. The Morgan fingerprint density at radius 2 is 1.44 bits per heavy atom. The summed E-state index contributed by atoms with van der Waals surface area (Å²) < 4.78 is 96.9. The Balaban J connectivity index is 1.73. The van der Waals surface area contributed by atoms with Crippen LogP contribution in [0.3, 0.4) is 0 Å². The lowest BCUT2D eigenvalue weighted by Crippen LogP contribution is -2.12. The van der Waals surface area contributed by atoms with E-state index < -0.39 is 46.0 Å². The zero-order valence-electron chi connectivity index (χ0n) is 16.9. The first-order chi connectivity index (χ1) is 15.1. The summed E-state index contributed by atoms with van der Waals surface area (Å²) in [7, 11) is 0. The molecule has 32 heavy (non-hydrogen) atoms. The van der Waals surface area contributed by atoms with Crippen molar-refractivity contribution in [2.45, 2.75) is 37.8 Å². The highest BCUT2D eigenvalue weighted by atomic mass is 19.4. The average Bonchev–Trinajstić information content (AvgIpc) is 2.72. The molecule has 0 radical (unpaired) electrons. The van der Waals surface area contributed by atoms with E-state index in [1.165, 1.54) is 12.1 Å². The fourth-order valence-electron chi connectivity index (χ4n) is 4.54. The molecule has 4 rings (SSSR count). The summed E-state index contributed by atoms with van der Waals surface area (Å²) in [6.45, 7) is 3.78. The molecule has 0 atom stereocenters. The molecule has 1 saturated carbocycles. The number of halogens is 7. The number of benzene rings is 3. The third-order valence-electron chi connectivity index (χ3n) is 6.24. The summed E-state index contributed by atoms with van der Waals surface area (Å²) in [5, 5.41) is -0.713. The fraction of sp³-hybridized carbons (Fsp3) is 0.280. The van der Waals surface area contributed by atoms with E-state index in [1.807, 2.05) is 6.08 Å². The molecule has 3 aromatic rings. The number of rotatable bonds is 3. The fourth-order valence-corrected chi connectivity index (χ4v) is 4.54. The molecule has 168 valence electrons. The lowest BCUT2D eigenvalue weighted by molar-refractivity contribution is -0.142. The Hall–Kier alpha value is -2.83. The van der Waals surface area contributed by atoms with E-state index >= 15 is 0 Å². The molecule has 0 heterocycles. The van der Waals surface area contributed by atoms with Gasteiger partial charge in [-0.05, 0) is 78.3 Å². The number of fused-ring (bicyclic) bond motifs is 1. The molecule has 0 saturated heterocycles. The standard InChI is InChI=1S/C25H19F7/c1-2-13-3-5-14(6-4-13)16-10-19(26)22(20(27)11-16)15-7-8-18-17(9-15)12-21(28)23(24(18)29)25(30,31)32/h2,7-14H,1,3-6H2. The minimum Gasteiger partial charge on any atom is -0.206 e. The second-order valence-electron chi connectivity index (χ2n) is 8.19. The highest BCUT2D eigenvalue weighted by Crippen LogP contribution is 2.40. The van der Waals surface area contributed by atoms with Gasteiger partial charge in [0.05, 0.1) is 5.56 Å². The van der Waals surface area contributed by atoms with Gasteiger partial charge in [-0.15, -0.1) is 6.58 Å². The van der Waals surface area contributed by atoms with Crippen LogP contribution >= 0.6 is 0 Å². The Kier molecular flexibility index (Phi) is 5.77. The van der Waals surface area contributed by atoms with Crippen LogP contribution in [0.15, 0.2) is 49.1 Å². The van der Waals surface area contributed by atoms with Crippen molar-refractivity contribution in [2.24, 2.45) is 5.92 Å². The molecule has 0 unspecified atom stereocenters. The first kappa shape index (κ1) is 22.4. The second kappa shape index (κ2) is 8.26. The van der Waals surface area contributed by atoms with Crippen LogP contribution in [0.4, 0.5) is 30.7 Å². The van der Waals surface area contributed by atoms with Gasteiger partial charge in [-0.25, -0.2) is 17.6 Å². The van der Waals surface area contributed by atoms with Crippen LogP contribution in [0, 0.1) is 29.2 Å². The zero-order chi connectivity index (χ0) is 23.2. The third kappa shape index (κ3) is 4.00. The maximum Gasteiger partial charge on any atom is 0.422 e. The molecule has 0 amide bonds. The van der Waals surface area contributed by atoms with Gasteiger partial charge < -0.3 is 0 Å². The van der Waals surface area contributed by atoms with Gasteiger partial charge in [0.1, 0.15) is 28.8 Å². The maximum atomic E-state index is 14.9. The van der Waals surface area contributed by atoms with Crippen LogP contribution in [0.5, 0.6) is 0 Å². The largest absolute Gasteiger partial charge is 0.422 e. The highest BCUT2D eigenvalue weighted by molar-refractivity contribution is 5.89. The summed E-state index contributed by atoms with van der Waals surface area (Å²) in [6, 6.07) is 6.22. The molecule has 0 aliphatic heterocycles. The van der Waals surface area contributed by atoms with Crippen LogP contribution < -0.4 is 0 Å². The van der Waals surface area contributed by atoms with Crippen molar-refractivity contribution in [2.75, 3.05) is 0 Å². The molecule has 1 aliphatic rings. The van der Waals surface area contributed by atoms with Crippen molar-refractivity contribution in [1.82, 2.24) is 0 Å². The van der Waals surface area contributed by atoms with Crippen molar-refractivity contribution in [3.05, 3.63) is 83.4 Å². The number of alkyl halides is 3. The molecule has 1 aliphatic carbocycles. The van der Waals surface area contributed by atoms with E-state index in [1.54, 1.807) is 0 Å². The van der Waals surface area contributed by atoms with Gasteiger partial charge in [-0.3, -0.25) is 0 Å². The summed E-state index contributed by atoms with van der Waals surface area (Å²) >= 11 is 0. The van der Waals surface area contributed by atoms with Gasteiger partial charge in [-0.1, -0.05) is 18.2 Å². The van der Waals surface area contributed by atoms with Crippen molar-refractivity contribution in [3.8, 4) is 11.1 Å². The molecule has 3 aromatic carbocycles. The second-order valence-corrected chi connectivity index (χ2v) is 8.19.